The average molecular weight is 412 g/mol. The van der Waals surface area contributed by atoms with Gasteiger partial charge in [0.15, 0.2) is 16.6 Å². The van der Waals surface area contributed by atoms with Gasteiger partial charge in [-0.2, -0.15) is 0 Å². The number of halogens is 2. The average Bonchev–Trinajstić information content (AvgIpc) is 2.63. The molecule has 0 aliphatic carbocycles. The van der Waals surface area contributed by atoms with Crippen molar-refractivity contribution in [3.05, 3.63) is 52.0 Å². The van der Waals surface area contributed by atoms with Crippen LogP contribution >= 0.6 is 35.4 Å². The SMILES string of the molecule is O=C(Cc1ccc(Cl)c(Cl)c1)NNC(=S)Nc1ccc2c(c1)OCCO2. The molecule has 136 valence electrons. The molecule has 1 heterocycles. The van der Waals surface area contributed by atoms with Crippen LogP contribution < -0.4 is 25.6 Å². The van der Waals surface area contributed by atoms with Gasteiger partial charge in [-0.3, -0.25) is 15.6 Å². The van der Waals surface area contributed by atoms with E-state index in [-0.39, 0.29) is 17.4 Å². The Kier molecular flexibility index (Phi) is 6.03. The van der Waals surface area contributed by atoms with Gasteiger partial charge in [0, 0.05) is 11.8 Å². The summed E-state index contributed by atoms with van der Waals surface area (Å²) < 4.78 is 11.0. The normalized spacial score (nSPS) is 12.2. The van der Waals surface area contributed by atoms with Crippen molar-refractivity contribution in [2.45, 2.75) is 6.42 Å². The van der Waals surface area contributed by atoms with E-state index in [4.69, 9.17) is 44.9 Å². The number of fused-ring (bicyclic) bond motifs is 1. The van der Waals surface area contributed by atoms with Crippen LogP contribution in [-0.2, 0) is 11.2 Å². The van der Waals surface area contributed by atoms with Crippen molar-refractivity contribution in [2.75, 3.05) is 18.5 Å². The van der Waals surface area contributed by atoms with Crippen LogP contribution in [0.4, 0.5) is 5.69 Å². The van der Waals surface area contributed by atoms with E-state index < -0.39 is 0 Å². The van der Waals surface area contributed by atoms with Crippen molar-refractivity contribution in [3.63, 3.8) is 0 Å². The number of amides is 1. The summed E-state index contributed by atoms with van der Waals surface area (Å²) >= 11 is 17.0. The molecule has 0 atom stereocenters. The summed E-state index contributed by atoms with van der Waals surface area (Å²) in [7, 11) is 0. The zero-order valence-corrected chi connectivity index (χ0v) is 15.8. The third-order valence-corrected chi connectivity index (χ3v) is 4.41. The third kappa shape index (κ3) is 4.91. The maximum absolute atomic E-state index is 12.0. The molecule has 9 heteroatoms. The second kappa shape index (κ2) is 8.44. The monoisotopic (exact) mass is 411 g/mol. The van der Waals surface area contributed by atoms with Crippen LogP contribution in [0.1, 0.15) is 5.56 Å². The molecule has 0 radical (unpaired) electrons. The molecular weight excluding hydrogens is 397 g/mol. The van der Waals surface area contributed by atoms with E-state index in [0.29, 0.717) is 40.4 Å². The number of hydrazine groups is 1. The zero-order valence-electron chi connectivity index (χ0n) is 13.5. The van der Waals surface area contributed by atoms with Crippen molar-refractivity contribution in [1.82, 2.24) is 10.9 Å². The van der Waals surface area contributed by atoms with Crippen molar-refractivity contribution < 1.29 is 14.3 Å². The zero-order chi connectivity index (χ0) is 18.5. The van der Waals surface area contributed by atoms with Crippen molar-refractivity contribution in [3.8, 4) is 11.5 Å². The molecule has 0 unspecified atom stereocenters. The van der Waals surface area contributed by atoms with E-state index in [2.05, 4.69) is 16.2 Å². The van der Waals surface area contributed by atoms with Crippen LogP contribution in [0, 0.1) is 0 Å². The first kappa shape index (κ1) is 18.6. The highest BCUT2D eigenvalue weighted by molar-refractivity contribution is 7.80. The predicted octanol–water partition coefficient (Wildman–Crippen LogP) is 3.32. The fraction of sp³-hybridized carbons (Fsp3) is 0.176. The van der Waals surface area contributed by atoms with Crippen LogP contribution in [0.2, 0.25) is 10.0 Å². The summed E-state index contributed by atoms with van der Waals surface area (Å²) in [6.07, 6.45) is 0.135. The van der Waals surface area contributed by atoms with E-state index in [0.717, 1.165) is 5.56 Å². The lowest BCUT2D eigenvalue weighted by Gasteiger charge is -2.19. The van der Waals surface area contributed by atoms with Gasteiger partial charge in [0.25, 0.3) is 0 Å². The lowest BCUT2D eigenvalue weighted by atomic mass is 10.1. The Balaban J connectivity index is 1.49. The van der Waals surface area contributed by atoms with Crippen molar-refractivity contribution in [2.24, 2.45) is 0 Å². The first-order valence-electron chi connectivity index (χ1n) is 7.70. The maximum atomic E-state index is 12.0. The Hall–Kier alpha value is -2.22. The summed E-state index contributed by atoms with van der Waals surface area (Å²) in [5, 5.41) is 4.05. The van der Waals surface area contributed by atoms with Crippen LogP contribution in [0.5, 0.6) is 11.5 Å². The lowest BCUT2D eigenvalue weighted by molar-refractivity contribution is -0.120. The molecule has 0 saturated heterocycles. The first-order valence-corrected chi connectivity index (χ1v) is 8.87. The fourth-order valence-corrected chi connectivity index (χ4v) is 2.78. The number of hydrogen-bond acceptors (Lipinski definition) is 4. The Morgan fingerprint density at radius 1 is 1.00 bits per heavy atom. The molecule has 0 fully saturated rings. The second-order valence-corrected chi connectivity index (χ2v) is 6.63. The minimum absolute atomic E-state index is 0.135. The smallest absolute Gasteiger partial charge is 0.242 e. The number of anilines is 1. The van der Waals surface area contributed by atoms with Crippen LogP contribution in [0.25, 0.3) is 0 Å². The topological polar surface area (TPSA) is 71.6 Å². The number of ether oxygens (including phenoxy) is 2. The highest BCUT2D eigenvalue weighted by atomic mass is 35.5. The predicted molar refractivity (Wildman–Crippen MR) is 105 cm³/mol. The molecule has 2 aromatic rings. The van der Waals surface area contributed by atoms with E-state index in [9.17, 15) is 4.79 Å². The Bertz CT molecular complexity index is 848. The molecule has 2 aromatic carbocycles. The minimum atomic E-state index is -0.269. The Morgan fingerprint density at radius 3 is 2.54 bits per heavy atom. The molecule has 6 nitrogen and oxygen atoms in total. The van der Waals surface area contributed by atoms with Gasteiger partial charge in [0.1, 0.15) is 13.2 Å². The van der Waals surface area contributed by atoms with Gasteiger partial charge in [0.05, 0.1) is 16.5 Å². The van der Waals surface area contributed by atoms with Crippen LogP contribution in [0.15, 0.2) is 36.4 Å². The number of benzene rings is 2. The number of hydrogen-bond donors (Lipinski definition) is 3. The number of nitrogens with one attached hydrogen (secondary N) is 3. The van der Waals surface area contributed by atoms with Crippen molar-refractivity contribution in [1.29, 1.82) is 0 Å². The molecule has 3 rings (SSSR count). The molecule has 1 aliphatic rings. The molecular formula is C17H15Cl2N3O3S. The van der Waals surface area contributed by atoms with E-state index >= 15 is 0 Å². The molecule has 3 N–H and O–H groups in total. The Morgan fingerprint density at radius 2 is 1.77 bits per heavy atom. The van der Waals surface area contributed by atoms with Gasteiger partial charge in [-0.25, -0.2) is 0 Å². The van der Waals surface area contributed by atoms with Gasteiger partial charge in [0.2, 0.25) is 5.91 Å². The highest BCUT2D eigenvalue weighted by Gasteiger charge is 2.12. The fourth-order valence-electron chi connectivity index (χ4n) is 2.29. The van der Waals surface area contributed by atoms with Gasteiger partial charge in [-0.15, -0.1) is 0 Å². The van der Waals surface area contributed by atoms with E-state index in [1.54, 1.807) is 36.4 Å². The number of carbonyl (C=O) groups is 1. The van der Waals surface area contributed by atoms with E-state index in [1.165, 1.54) is 0 Å². The summed E-state index contributed by atoms with van der Waals surface area (Å²) in [5.74, 6) is 1.07. The number of thiocarbonyl (C=S) groups is 1. The lowest BCUT2D eigenvalue weighted by Crippen LogP contribution is -2.44. The van der Waals surface area contributed by atoms with Crippen LogP contribution in [-0.4, -0.2) is 24.2 Å². The third-order valence-electron chi connectivity index (χ3n) is 3.46. The van der Waals surface area contributed by atoms with Crippen LogP contribution in [0.3, 0.4) is 0 Å². The van der Waals surface area contributed by atoms with Crippen molar-refractivity contribution >= 4 is 52.1 Å². The number of carbonyl (C=O) groups excluding carboxylic acids is 1. The summed E-state index contributed by atoms with van der Waals surface area (Å²) in [5.41, 5.74) is 6.62. The minimum Gasteiger partial charge on any atom is -0.486 e. The Labute approximate surface area is 165 Å². The largest absolute Gasteiger partial charge is 0.486 e. The van der Waals surface area contributed by atoms with Gasteiger partial charge in [-0.05, 0) is 42.0 Å². The summed E-state index contributed by atoms with van der Waals surface area (Å²) in [6, 6.07) is 10.4. The highest BCUT2D eigenvalue weighted by Crippen LogP contribution is 2.32. The standard InChI is InChI=1S/C17H15Cl2N3O3S/c18-12-3-1-10(7-13(12)19)8-16(23)21-22-17(26)20-11-2-4-14-15(9-11)25-6-5-24-14/h1-4,7,9H,5-6,8H2,(H,21,23)(H2,20,22,26). The van der Waals surface area contributed by atoms with Gasteiger partial charge >= 0.3 is 0 Å². The van der Waals surface area contributed by atoms with Gasteiger partial charge < -0.3 is 14.8 Å². The molecule has 0 bridgehead atoms. The molecule has 26 heavy (non-hydrogen) atoms. The summed E-state index contributed by atoms with van der Waals surface area (Å²) in [6.45, 7) is 1.04. The molecule has 0 aromatic heterocycles. The maximum Gasteiger partial charge on any atom is 0.242 e. The molecule has 1 aliphatic heterocycles. The van der Waals surface area contributed by atoms with E-state index in [1.807, 2.05) is 0 Å². The quantitative estimate of drug-likeness (QED) is 0.531. The van der Waals surface area contributed by atoms with Gasteiger partial charge in [-0.1, -0.05) is 29.3 Å². The molecule has 0 spiro atoms. The summed E-state index contributed by atoms with van der Waals surface area (Å²) in [4.78, 5) is 12.0. The molecule has 0 saturated carbocycles. The second-order valence-electron chi connectivity index (χ2n) is 5.41. The first-order chi connectivity index (χ1) is 12.5. The number of rotatable bonds is 3. The molecule has 1 amide bonds.